The summed E-state index contributed by atoms with van der Waals surface area (Å²) in [7, 11) is 0. The van der Waals surface area contributed by atoms with E-state index in [-0.39, 0.29) is 22.9 Å². The van der Waals surface area contributed by atoms with Gasteiger partial charge in [0, 0.05) is 22.1 Å². The van der Waals surface area contributed by atoms with Crippen molar-refractivity contribution in [2.45, 2.75) is 50.6 Å². The average molecular weight is 681 g/mol. The lowest BCUT2D eigenvalue weighted by Crippen LogP contribution is -2.39. The normalized spacial score (nSPS) is 19.5. The first-order valence-corrected chi connectivity index (χ1v) is 19.0. The van der Waals surface area contributed by atoms with Gasteiger partial charge < -0.3 is 4.90 Å². The Balaban J connectivity index is 1.10. The lowest BCUT2D eigenvalue weighted by molar-refractivity contribution is 0.652. The van der Waals surface area contributed by atoms with E-state index in [1.807, 2.05) is 0 Å². The molecule has 0 N–H and O–H groups in total. The summed E-state index contributed by atoms with van der Waals surface area (Å²) in [5, 5.41) is 5.17. The molecule has 0 saturated heterocycles. The minimum absolute atomic E-state index is 0.0535. The molecule has 254 valence electrons. The quantitative estimate of drug-likeness (QED) is 0.170. The molecular formula is C51H40N2. The van der Waals surface area contributed by atoms with E-state index in [0.29, 0.717) is 0 Å². The van der Waals surface area contributed by atoms with Crippen molar-refractivity contribution in [2.75, 3.05) is 4.90 Å². The van der Waals surface area contributed by atoms with Crippen molar-refractivity contribution in [3.05, 3.63) is 186 Å². The molecule has 0 aromatic heterocycles. The third-order valence-electron chi connectivity index (χ3n) is 12.7. The largest absolute Gasteiger partial charge is 0.317 e. The molecule has 7 aromatic rings. The summed E-state index contributed by atoms with van der Waals surface area (Å²) in [4.78, 5) is 7.66. The number of benzene rings is 7. The maximum atomic E-state index is 5.27. The Morgan fingerprint density at radius 1 is 0.491 bits per heavy atom. The maximum absolute atomic E-state index is 5.27. The Morgan fingerprint density at radius 2 is 1.09 bits per heavy atom. The molecule has 0 saturated carbocycles. The second-order valence-corrected chi connectivity index (χ2v) is 16.3. The van der Waals surface area contributed by atoms with Gasteiger partial charge in [-0.05, 0) is 120 Å². The number of nitrogens with zero attached hydrogens (tertiary/aromatic N) is 2. The Morgan fingerprint density at radius 3 is 1.89 bits per heavy atom. The maximum Gasteiger partial charge on any atom is 0.136 e. The van der Waals surface area contributed by atoms with Crippen LogP contribution in [-0.2, 0) is 10.8 Å². The van der Waals surface area contributed by atoms with Crippen molar-refractivity contribution in [3.63, 3.8) is 0 Å². The zero-order valence-electron chi connectivity index (χ0n) is 30.6. The zero-order valence-corrected chi connectivity index (χ0v) is 30.6. The van der Waals surface area contributed by atoms with Crippen molar-refractivity contribution in [1.29, 1.82) is 0 Å². The molecule has 2 nitrogen and oxygen atoms in total. The molecule has 0 spiro atoms. The van der Waals surface area contributed by atoms with E-state index in [2.05, 4.69) is 190 Å². The van der Waals surface area contributed by atoms with E-state index >= 15 is 0 Å². The summed E-state index contributed by atoms with van der Waals surface area (Å²) >= 11 is 0. The van der Waals surface area contributed by atoms with E-state index in [4.69, 9.17) is 4.99 Å². The standard InChI is InChI=1S/C51H40N2/c1-50(2)42-19-11-10-18-36(42)39-29-44-41(30-43(39)50)48-40-27-34-15-9-8-14-33(34)26-38(40)37(28-45(48)51(44,3)4)31-22-24-32(25-23-31)49-52-46-20-12-13-21-47(46)53(49)35-16-6-5-7-17-35/h5-30,46-47H,1-4H3. The van der Waals surface area contributed by atoms with Crippen LogP contribution in [0.5, 0.6) is 0 Å². The summed E-state index contributed by atoms with van der Waals surface area (Å²) in [5.74, 6) is 1.02. The van der Waals surface area contributed by atoms with Crippen LogP contribution in [0.25, 0.3) is 54.9 Å². The Kier molecular flexibility index (Phi) is 6.22. The first-order chi connectivity index (χ1) is 25.8. The van der Waals surface area contributed by atoms with Crippen molar-refractivity contribution < 1.29 is 0 Å². The van der Waals surface area contributed by atoms with E-state index in [9.17, 15) is 0 Å². The summed E-state index contributed by atoms with van der Waals surface area (Å²) in [6.45, 7) is 9.63. The molecule has 0 bridgehead atoms. The van der Waals surface area contributed by atoms with E-state index in [0.717, 1.165) is 11.4 Å². The summed E-state index contributed by atoms with van der Waals surface area (Å²) in [6, 6.07) is 50.4. The van der Waals surface area contributed by atoms with Crippen LogP contribution in [0.4, 0.5) is 5.69 Å². The van der Waals surface area contributed by atoms with Crippen LogP contribution in [0.2, 0.25) is 0 Å². The van der Waals surface area contributed by atoms with E-state index < -0.39 is 0 Å². The Labute approximate surface area is 311 Å². The third-order valence-corrected chi connectivity index (χ3v) is 12.7. The Hall–Kier alpha value is -5.99. The highest BCUT2D eigenvalue weighted by Gasteiger charge is 2.43. The van der Waals surface area contributed by atoms with Crippen LogP contribution >= 0.6 is 0 Å². The second-order valence-electron chi connectivity index (χ2n) is 16.3. The molecule has 0 amide bonds. The van der Waals surface area contributed by atoms with Crippen LogP contribution in [-0.4, -0.2) is 17.9 Å². The number of amidine groups is 1. The van der Waals surface area contributed by atoms with Crippen LogP contribution in [0.1, 0.15) is 55.5 Å². The van der Waals surface area contributed by atoms with Crippen molar-refractivity contribution in [2.24, 2.45) is 4.99 Å². The predicted molar refractivity (Wildman–Crippen MR) is 223 cm³/mol. The van der Waals surface area contributed by atoms with Crippen molar-refractivity contribution in [3.8, 4) is 33.4 Å². The molecule has 0 fully saturated rings. The van der Waals surface area contributed by atoms with E-state index in [1.54, 1.807) is 0 Å². The van der Waals surface area contributed by atoms with Crippen molar-refractivity contribution >= 4 is 33.1 Å². The highest BCUT2D eigenvalue weighted by molar-refractivity contribution is 6.15. The van der Waals surface area contributed by atoms with Crippen LogP contribution in [0.15, 0.2) is 163 Å². The first-order valence-electron chi connectivity index (χ1n) is 19.0. The van der Waals surface area contributed by atoms with Crippen LogP contribution in [0, 0.1) is 0 Å². The van der Waals surface area contributed by atoms with Gasteiger partial charge in [-0.3, -0.25) is 4.99 Å². The van der Waals surface area contributed by atoms with Crippen molar-refractivity contribution in [1.82, 2.24) is 0 Å². The fraction of sp³-hybridized carbons (Fsp3) is 0.157. The molecule has 7 aromatic carbocycles. The predicted octanol–water partition coefficient (Wildman–Crippen LogP) is 12.4. The summed E-state index contributed by atoms with van der Waals surface area (Å²) in [5.41, 5.74) is 15.8. The van der Waals surface area contributed by atoms with Crippen LogP contribution in [0.3, 0.4) is 0 Å². The van der Waals surface area contributed by atoms with Gasteiger partial charge in [-0.2, -0.15) is 0 Å². The number of fused-ring (bicyclic) bond motifs is 10. The smallest absolute Gasteiger partial charge is 0.136 e. The lowest BCUT2D eigenvalue weighted by Gasteiger charge is -2.29. The molecule has 11 rings (SSSR count). The number of rotatable bonds is 3. The van der Waals surface area contributed by atoms with Crippen LogP contribution < -0.4 is 4.90 Å². The number of anilines is 1. The molecule has 4 aliphatic rings. The summed E-state index contributed by atoms with van der Waals surface area (Å²) in [6.07, 6.45) is 8.76. The number of para-hydroxylation sites is 1. The highest BCUT2D eigenvalue weighted by atomic mass is 15.3. The summed E-state index contributed by atoms with van der Waals surface area (Å²) < 4.78 is 0. The minimum Gasteiger partial charge on any atom is -0.317 e. The van der Waals surface area contributed by atoms with Gasteiger partial charge in [-0.15, -0.1) is 0 Å². The van der Waals surface area contributed by atoms with Gasteiger partial charge in [-0.25, -0.2) is 0 Å². The Bertz CT molecular complexity index is 2780. The number of aliphatic imine (C=N–C) groups is 1. The number of allylic oxidation sites excluding steroid dienone is 2. The molecule has 1 heterocycles. The molecule has 2 atom stereocenters. The zero-order chi connectivity index (χ0) is 35.6. The molecule has 2 heteroatoms. The first kappa shape index (κ1) is 30.6. The van der Waals surface area contributed by atoms with E-state index in [1.165, 1.54) is 82.9 Å². The molecule has 3 aliphatic carbocycles. The monoisotopic (exact) mass is 680 g/mol. The highest BCUT2D eigenvalue weighted by Crippen LogP contribution is 2.58. The fourth-order valence-electron chi connectivity index (χ4n) is 9.93. The third kappa shape index (κ3) is 4.24. The van der Waals surface area contributed by atoms with Gasteiger partial charge in [0.2, 0.25) is 0 Å². The van der Waals surface area contributed by atoms with Gasteiger partial charge in [-0.1, -0.05) is 143 Å². The topological polar surface area (TPSA) is 15.6 Å². The number of hydrogen-bond donors (Lipinski definition) is 0. The van der Waals surface area contributed by atoms with Gasteiger partial charge in [0.05, 0.1) is 12.1 Å². The molecule has 1 aliphatic heterocycles. The lowest BCUT2D eigenvalue weighted by atomic mass is 9.79. The van der Waals surface area contributed by atoms with Gasteiger partial charge in [0.25, 0.3) is 0 Å². The molecule has 0 radical (unpaired) electrons. The van der Waals surface area contributed by atoms with Gasteiger partial charge in [0.15, 0.2) is 0 Å². The number of hydrogen-bond acceptors (Lipinski definition) is 2. The van der Waals surface area contributed by atoms with Gasteiger partial charge in [0.1, 0.15) is 5.84 Å². The fourth-order valence-corrected chi connectivity index (χ4v) is 9.93. The molecular weight excluding hydrogens is 641 g/mol. The second kappa shape index (κ2) is 10.8. The van der Waals surface area contributed by atoms with Gasteiger partial charge >= 0.3 is 0 Å². The average Bonchev–Trinajstić information content (AvgIpc) is 3.76. The SMILES string of the molecule is CC1(C)c2ccccc2-c2cc3c(cc21)-c1c(cc(-c2ccc(C4=NC5C=CC=CC5N4c4ccccc4)cc2)c2cc4ccccc4cc12)C3(C)C. The molecule has 53 heavy (non-hydrogen) atoms. The molecule has 2 unspecified atom stereocenters. The minimum atomic E-state index is -0.165.